The van der Waals surface area contributed by atoms with E-state index in [1.807, 2.05) is 0 Å². The molecule has 0 aliphatic heterocycles. The minimum atomic E-state index is -4.24. The van der Waals surface area contributed by atoms with E-state index in [2.05, 4.69) is 9.46 Å². The maximum Gasteiger partial charge on any atom is 0.387 e. The van der Waals surface area contributed by atoms with Crippen molar-refractivity contribution in [1.82, 2.24) is 4.72 Å². The number of nitrogens with zero attached hydrogens (tertiary/aromatic N) is 1. The topological polar surface area (TPSA) is 155 Å². The van der Waals surface area contributed by atoms with Gasteiger partial charge in [0.25, 0.3) is 0 Å². The second-order valence-corrected chi connectivity index (χ2v) is 12.0. The van der Waals surface area contributed by atoms with Crippen molar-refractivity contribution in [2.24, 2.45) is 5.92 Å². The van der Waals surface area contributed by atoms with Gasteiger partial charge in [-0.2, -0.15) is 18.2 Å². The Kier molecular flexibility index (Phi) is 10.3. The number of ether oxygens (including phenoxy) is 3. The number of hydrogen-bond donors (Lipinski definition) is 2. The molecule has 1 unspecified atom stereocenters. The van der Waals surface area contributed by atoms with E-state index < -0.39 is 41.2 Å². The van der Waals surface area contributed by atoms with Crippen LogP contribution in [0.25, 0.3) is 0 Å². The molecule has 1 atom stereocenters. The zero-order valence-corrected chi connectivity index (χ0v) is 24.4. The van der Waals surface area contributed by atoms with Crippen molar-refractivity contribution in [3.63, 3.8) is 0 Å². The Morgan fingerprint density at radius 3 is 2.30 bits per heavy atom. The first kappa shape index (κ1) is 32.2. The molecule has 1 aromatic heterocycles. The Balaban J connectivity index is 1.58. The van der Waals surface area contributed by atoms with Crippen LogP contribution < -0.4 is 18.9 Å². The molecule has 230 valence electrons. The number of alkyl halides is 2. The van der Waals surface area contributed by atoms with Crippen molar-refractivity contribution in [2.75, 3.05) is 13.2 Å². The first-order chi connectivity index (χ1) is 20.3. The Bertz CT molecular complexity index is 1580. The predicted molar refractivity (Wildman–Crippen MR) is 148 cm³/mol. The highest BCUT2D eigenvalue weighted by atomic mass is 35.5. The fourth-order valence-electron chi connectivity index (χ4n) is 3.88. The van der Waals surface area contributed by atoms with Crippen LogP contribution in [0.5, 0.6) is 11.5 Å². The molecule has 1 heterocycles. The van der Waals surface area contributed by atoms with Gasteiger partial charge in [0.1, 0.15) is 22.7 Å². The van der Waals surface area contributed by atoms with E-state index >= 15 is 0 Å². The summed E-state index contributed by atoms with van der Waals surface area (Å²) in [6.45, 7) is -3.70. The molecule has 1 aliphatic carbocycles. The molecule has 2 N–H and O–H groups in total. The first-order valence-corrected chi connectivity index (χ1v) is 14.9. The third-order valence-electron chi connectivity index (χ3n) is 6.27. The van der Waals surface area contributed by atoms with Gasteiger partial charge < -0.3 is 24.5 Å². The van der Waals surface area contributed by atoms with Crippen molar-refractivity contribution in [1.29, 1.82) is 0 Å². The highest BCUT2D eigenvalue weighted by Crippen LogP contribution is 2.37. The summed E-state index contributed by atoms with van der Waals surface area (Å²) in [5.41, 5.74) is 0.340. The fourth-order valence-corrected chi connectivity index (χ4v) is 5.44. The smallest absolute Gasteiger partial charge is 0.387 e. The molecule has 1 fully saturated rings. The van der Waals surface area contributed by atoms with Gasteiger partial charge in [0, 0.05) is 12.0 Å². The highest BCUT2D eigenvalue weighted by Gasteiger charge is 2.27. The molecule has 0 amide bonds. The summed E-state index contributed by atoms with van der Waals surface area (Å²) in [4.78, 5) is 23.6. The molecule has 4 rings (SSSR count). The van der Waals surface area contributed by atoms with Crippen LogP contribution in [0.1, 0.15) is 40.4 Å². The second-order valence-electron chi connectivity index (χ2n) is 9.47. The van der Waals surface area contributed by atoms with Crippen molar-refractivity contribution >= 4 is 45.2 Å². The predicted octanol–water partition coefficient (Wildman–Crippen LogP) is 4.52. The van der Waals surface area contributed by atoms with E-state index in [1.54, 1.807) is 0 Å². The van der Waals surface area contributed by atoms with Crippen LogP contribution in [0.3, 0.4) is 0 Å². The van der Waals surface area contributed by atoms with Crippen LogP contribution in [0, 0.1) is 11.1 Å². The molecule has 0 spiro atoms. The van der Waals surface area contributed by atoms with Gasteiger partial charge in [-0.3, -0.25) is 4.79 Å². The standard InChI is InChI=1S/C27H24Cl2F2N2O9S/c28-20-12-33(37)13-21(29)19(20)10-23(17-5-8-22(42-27(30)31)24(9-17)40-14-15-1-2-15)41-25(34)11-32-43(38,39)18-6-3-16(4-7-18)26(35)36/h3-9,12-13,15,23,27,32H,1-2,10-11,14H2,(H,35,36). The quantitative estimate of drug-likeness (QED) is 0.144. The lowest BCUT2D eigenvalue weighted by Crippen LogP contribution is -2.32. The summed E-state index contributed by atoms with van der Waals surface area (Å²) < 4.78 is 69.7. The van der Waals surface area contributed by atoms with E-state index in [1.165, 1.54) is 18.2 Å². The fraction of sp³-hybridized carbons (Fsp3) is 0.296. The molecule has 3 aromatic rings. The molecule has 2 aromatic carbocycles. The number of nitrogens with one attached hydrogen (secondary N) is 1. The first-order valence-electron chi connectivity index (χ1n) is 12.6. The number of pyridine rings is 1. The molecule has 43 heavy (non-hydrogen) atoms. The van der Waals surface area contributed by atoms with Gasteiger partial charge in [-0.25, -0.2) is 13.2 Å². The average molecular weight is 661 g/mol. The van der Waals surface area contributed by atoms with Crippen molar-refractivity contribution in [3.8, 4) is 11.5 Å². The molecule has 11 nitrogen and oxygen atoms in total. The molecular formula is C27H24Cl2F2N2O9S. The Labute approximate surface area is 254 Å². The number of carbonyl (C=O) groups is 2. The van der Waals surface area contributed by atoms with Crippen LogP contribution in [0.4, 0.5) is 8.78 Å². The number of sulfonamides is 1. The monoisotopic (exact) mass is 660 g/mol. The van der Waals surface area contributed by atoms with Crippen LogP contribution in [-0.2, 0) is 26.0 Å². The highest BCUT2D eigenvalue weighted by molar-refractivity contribution is 7.89. The lowest BCUT2D eigenvalue weighted by Gasteiger charge is -2.21. The summed E-state index contributed by atoms with van der Waals surface area (Å²) in [6, 6.07) is 8.23. The summed E-state index contributed by atoms with van der Waals surface area (Å²) in [7, 11) is -4.24. The van der Waals surface area contributed by atoms with E-state index in [9.17, 15) is 32.0 Å². The van der Waals surface area contributed by atoms with E-state index in [4.69, 9.17) is 37.8 Å². The molecule has 16 heteroatoms. The van der Waals surface area contributed by atoms with Gasteiger partial charge in [0.15, 0.2) is 23.9 Å². The van der Waals surface area contributed by atoms with Crippen molar-refractivity contribution in [3.05, 3.63) is 86.8 Å². The van der Waals surface area contributed by atoms with Gasteiger partial charge in [-0.15, -0.1) is 0 Å². The molecule has 0 saturated heterocycles. The molecule has 1 saturated carbocycles. The number of carboxylic acid groups (broad SMARTS) is 1. The number of aromatic nitrogens is 1. The van der Waals surface area contributed by atoms with Gasteiger partial charge >= 0.3 is 18.6 Å². The van der Waals surface area contributed by atoms with Crippen LogP contribution in [0.15, 0.2) is 59.8 Å². The Morgan fingerprint density at radius 2 is 1.72 bits per heavy atom. The molecule has 0 bridgehead atoms. The second kappa shape index (κ2) is 13.7. The maximum atomic E-state index is 13.0. The number of benzene rings is 2. The van der Waals surface area contributed by atoms with Gasteiger partial charge in [0.2, 0.25) is 10.0 Å². The summed E-state index contributed by atoms with van der Waals surface area (Å²) >= 11 is 12.5. The number of aromatic carboxylic acids is 1. The minimum absolute atomic E-state index is 0.0288. The number of hydrogen-bond acceptors (Lipinski definition) is 8. The molecular weight excluding hydrogens is 637 g/mol. The molecule has 1 aliphatic rings. The third kappa shape index (κ3) is 8.89. The number of halogens is 4. The number of carbonyl (C=O) groups excluding carboxylic acids is 1. The van der Waals surface area contributed by atoms with Crippen LogP contribution in [0.2, 0.25) is 10.0 Å². The lowest BCUT2D eigenvalue weighted by molar-refractivity contribution is -0.605. The van der Waals surface area contributed by atoms with E-state index in [-0.39, 0.29) is 62.1 Å². The van der Waals surface area contributed by atoms with E-state index in [0.29, 0.717) is 4.73 Å². The van der Waals surface area contributed by atoms with Crippen LogP contribution in [-0.4, -0.2) is 45.2 Å². The number of rotatable bonds is 14. The third-order valence-corrected chi connectivity index (χ3v) is 8.33. The summed E-state index contributed by atoms with van der Waals surface area (Å²) in [5.74, 6) is -2.28. The number of carboxylic acids is 1. The Hall–Kier alpha value is -3.72. The van der Waals surface area contributed by atoms with Crippen molar-refractivity contribution in [2.45, 2.75) is 36.9 Å². The maximum absolute atomic E-state index is 13.0. The van der Waals surface area contributed by atoms with E-state index in [0.717, 1.165) is 49.5 Å². The number of esters is 1. The zero-order valence-electron chi connectivity index (χ0n) is 22.0. The SMILES string of the molecule is O=C(CNS(=O)(=O)c1ccc(C(=O)O)cc1)OC(Cc1c(Cl)c[n+]([O-])cc1Cl)c1ccc(OC(F)F)c(OCC2CC2)c1. The van der Waals surface area contributed by atoms with Gasteiger partial charge in [-0.05, 0) is 60.7 Å². The molecule has 0 radical (unpaired) electrons. The van der Waals surface area contributed by atoms with Gasteiger partial charge in [-0.1, -0.05) is 29.3 Å². The zero-order chi connectivity index (χ0) is 31.3. The lowest BCUT2D eigenvalue weighted by atomic mass is 10.0. The summed E-state index contributed by atoms with van der Waals surface area (Å²) in [5, 5.41) is 20.6. The largest absolute Gasteiger partial charge is 0.619 e. The van der Waals surface area contributed by atoms with Gasteiger partial charge in [0.05, 0.1) is 17.1 Å². The van der Waals surface area contributed by atoms with Crippen molar-refractivity contribution < 1.29 is 50.8 Å². The summed E-state index contributed by atoms with van der Waals surface area (Å²) in [6.07, 6.45) is 2.54. The normalized spacial score (nSPS) is 13.9. The average Bonchev–Trinajstić information content (AvgIpc) is 3.77. The van der Waals surface area contributed by atoms with Crippen LogP contribution >= 0.6 is 23.2 Å². The minimum Gasteiger partial charge on any atom is -0.619 e. The Morgan fingerprint density at radius 1 is 1.07 bits per heavy atom.